The lowest BCUT2D eigenvalue weighted by Gasteiger charge is -2.37. The number of hydrogen-bond acceptors (Lipinski definition) is 4. The van der Waals surface area contributed by atoms with Crippen LogP contribution in [-0.2, 0) is 0 Å². The predicted molar refractivity (Wildman–Crippen MR) is 83.3 cm³/mol. The van der Waals surface area contributed by atoms with Gasteiger partial charge in [0.1, 0.15) is 5.52 Å². The van der Waals surface area contributed by atoms with Crippen molar-refractivity contribution in [2.75, 3.05) is 6.54 Å². The minimum absolute atomic E-state index is 0.0530. The second-order valence-electron chi connectivity index (χ2n) is 6.74. The number of hydrogen-bond donors (Lipinski definition) is 2. The Balaban J connectivity index is 1.80. The molecule has 1 aliphatic carbocycles. The van der Waals surface area contributed by atoms with Crippen molar-refractivity contribution in [3.8, 4) is 0 Å². The third-order valence-electron chi connectivity index (χ3n) is 4.50. The van der Waals surface area contributed by atoms with Gasteiger partial charge in [-0.25, -0.2) is 9.37 Å². The highest BCUT2D eigenvalue weighted by atomic mass is 19.1. The molecule has 5 heteroatoms. The molecule has 1 aromatic heterocycles. The number of halogens is 1. The zero-order valence-corrected chi connectivity index (χ0v) is 13.3. The number of aromatic nitrogens is 1. The summed E-state index contributed by atoms with van der Waals surface area (Å²) in [6, 6.07) is 3.29. The van der Waals surface area contributed by atoms with E-state index in [9.17, 15) is 9.50 Å². The largest absolute Gasteiger partial charge is 0.437 e. The van der Waals surface area contributed by atoms with Crippen molar-refractivity contribution in [2.45, 2.75) is 57.6 Å². The first-order chi connectivity index (χ1) is 10.4. The minimum Gasteiger partial charge on any atom is -0.437 e. The fourth-order valence-corrected chi connectivity index (χ4v) is 2.75. The van der Waals surface area contributed by atoms with Crippen LogP contribution in [0, 0.1) is 5.82 Å². The van der Waals surface area contributed by atoms with Crippen molar-refractivity contribution < 1.29 is 13.9 Å². The van der Waals surface area contributed by atoms with Crippen molar-refractivity contribution in [2.24, 2.45) is 0 Å². The van der Waals surface area contributed by atoms with Gasteiger partial charge in [0, 0.05) is 18.5 Å². The van der Waals surface area contributed by atoms with Gasteiger partial charge in [-0.2, -0.15) is 0 Å². The highest BCUT2D eigenvalue weighted by Gasteiger charge is 2.34. The molecule has 0 spiro atoms. The average Bonchev–Trinajstić information content (AvgIpc) is 2.87. The Morgan fingerprint density at radius 1 is 1.36 bits per heavy atom. The van der Waals surface area contributed by atoms with Crippen LogP contribution in [0.5, 0.6) is 0 Å². The second kappa shape index (κ2) is 5.63. The Morgan fingerprint density at radius 3 is 2.68 bits per heavy atom. The molecule has 1 aromatic carbocycles. The summed E-state index contributed by atoms with van der Waals surface area (Å²) >= 11 is 0. The fourth-order valence-electron chi connectivity index (χ4n) is 2.75. The molecule has 1 aliphatic rings. The van der Waals surface area contributed by atoms with Gasteiger partial charge in [0.2, 0.25) is 0 Å². The van der Waals surface area contributed by atoms with E-state index in [1.165, 1.54) is 6.07 Å². The van der Waals surface area contributed by atoms with E-state index in [4.69, 9.17) is 4.42 Å². The molecular formula is C17H23FN2O2. The van der Waals surface area contributed by atoms with Crippen LogP contribution in [0.3, 0.4) is 0 Å². The van der Waals surface area contributed by atoms with Gasteiger partial charge < -0.3 is 14.8 Å². The molecule has 1 heterocycles. The van der Waals surface area contributed by atoms with Crippen molar-refractivity contribution >= 4 is 11.1 Å². The van der Waals surface area contributed by atoms with Crippen molar-refractivity contribution in [3.63, 3.8) is 0 Å². The van der Waals surface area contributed by atoms with Crippen LogP contribution in [0.2, 0.25) is 0 Å². The smallest absolute Gasteiger partial charge is 0.198 e. The molecule has 1 atom stereocenters. The van der Waals surface area contributed by atoms with Gasteiger partial charge in [0.15, 0.2) is 17.3 Å². The third kappa shape index (κ3) is 2.88. The van der Waals surface area contributed by atoms with Crippen LogP contribution < -0.4 is 5.32 Å². The number of nitrogens with one attached hydrogen (secondary N) is 1. The molecule has 1 saturated carbocycles. The summed E-state index contributed by atoms with van der Waals surface area (Å²) in [5.41, 5.74) is 0.999. The van der Waals surface area contributed by atoms with E-state index in [0.717, 1.165) is 24.8 Å². The van der Waals surface area contributed by atoms with E-state index in [0.29, 0.717) is 18.0 Å². The van der Waals surface area contributed by atoms with Gasteiger partial charge in [-0.3, -0.25) is 0 Å². The fraction of sp³-hybridized carbons (Fsp3) is 0.588. The summed E-state index contributed by atoms with van der Waals surface area (Å²) in [5.74, 6) is 0.289. The molecule has 4 nitrogen and oxygen atoms in total. The summed E-state index contributed by atoms with van der Waals surface area (Å²) in [4.78, 5) is 4.37. The number of nitrogens with zero attached hydrogens (tertiary/aromatic N) is 1. The topological polar surface area (TPSA) is 58.3 Å². The Labute approximate surface area is 129 Å². The van der Waals surface area contributed by atoms with Crippen LogP contribution in [0.25, 0.3) is 11.1 Å². The number of benzene rings is 1. The molecule has 0 amide bonds. The van der Waals surface area contributed by atoms with Gasteiger partial charge in [-0.1, -0.05) is 13.8 Å². The normalized spacial score (nSPS) is 18.6. The molecule has 2 N–H and O–H groups in total. The molecular weight excluding hydrogens is 283 g/mol. The van der Waals surface area contributed by atoms with Gasteiger partial charge >= 0.3 is 0 Å². The molecule has 1 fully saturated rings. The Morgan fingerprint density at radius 2 is 2.09 bits per heavy atom. The minimum atomic E-state index is -0.588. The van der Waals surface area contributed by atoms with Gasteiger partial charge in [-0.15, -0.1) is 0 Å². The first kappa shape index (κ1) is 15.4. The monoisotopic (exact) mass is 306 g/mol. The molecule has 1 unspecified atom stereocenters. The van der Waals surface area contributed by atoms with E-state index >= 15 is 0 Å². The summed E-state index contributed by atoms with van der Waals surface area (Å²) < 4.78 is 19.7. The van der Waals surface area contributed by atoms with E-state index in [-0.39, 0.29) is 23.4 Å². The molecule has 0 aliphatic heterocycles. The summed E-state index contributed by atoms with van der Waals surface area (Å²) in [6.45, 7) is 6.43. The van der Waals surface area contributed by atoms with E-state index < -0.39 is 5.60 Å². The van der Waals surface area contributed by atoms with Crippen LogP contribution in [0.1, 0.15) is 63.4 Å². The maximum absolute atomic E-state index is 14.2. The zero-order valence-electron chi connectivity index (χ0n) is 13.3. The Hall–Kier alpha value is -1.46. The van der Waals surface area contributed by atoms with Crippen molar-refractivity contribution in [1.82, 2.24) is 10.3 Å². The average molecular weight is 306 g/mol. The molecule has 0 radical (unpaired) electrons. The molecule has 3 rings (SSSR count). The number of rotatable bonds is 5. The zero-order chi connectivity index (χ0) is 15.9. The Kier molecular flexibility index (Phi) is 3.95. The molecule has 120 valence electrons. The Bertz CT molecular complexity index is 677. The van der Waals surface area contributed by atoms with E-state index in [1.807, 2.05) is 26.8 Å². The van der Waals surface area contributed by atoms with E-state index in [2.05, 4.69) is 10.3 Å². The summed E-state index contributed by atoms with van der Waals surface area (Å²) in [5, 5.41) is 13.4. The molecule has 0 bridgehead atoms. The molecule has 0 saturated heterocycles. The van der Waals surface area contributed by atoms with Gasteiger partial charge in [0.05, 0.1) is 5.60 Å². The lowest BCUT2D eigenvalue weighted by molar-refractivity contribution is -0.0329. The maximum Gasteiger partial charge on any atom is 0.198 e. The number of oxazole rings is 1. The van der Waals surface area contributed by atoms with Crippen LogP contribution in [0.4, 0.5) is 4.39 Å². The lowest BCUT2D eigenvalue weighted by atomic mass is 9.80. The van der Waals surface area contributed by atoms with Crippen LogP contribution >= 0.6 is 0 Å². The van der Waals surface area contributed by atoms with Gasteiger partial charge in [0.25, 0.3) is 0 Å². The summed E-state index contributed by atoms with van der Waals surface area (Å²) in [6.07, 6.45) is 2.74. The number of aliphatic hydroxyl groups is 1. The SMILES string of the molecule is CC(C)c1nc2cc(C(C)NCC3(O)CCC3)cc(F)c2o1. The highest BCUT2D eigenvalue weighted by Crippen LogP contribution is 2.32. The van der Waals surface area contributed by atoms with Crippen molar-refractivity contribution in [3.05, 3.63) is 29.4 Å². The maximum atomic E-state index is 14.2. The highest BCUT2D eigenvalue weighted by molar-refractivity contribution is 5.74. The first-order valence-electron chi connectivity index (χ1n) is 7.94. The summed E-state index contributed by atoms with van der Waals surface area (Å²) in [7, 11) is 0. The lowest BCUT2D eigenvalue weighted by Crippen LogP contribution is -2.46. The van der Waals surface area contributed by atoms with E-state index in [1.54, 1.807) is 0 Å². The van der Waals surface area contributed by atoms with Crippen molar-refractivity contribution in [1.29, 1.82) is 0 Å². The standard InChI is InChI=1S/C17H23FN2O2/c1-10(2)16-20-14-8-12(7-13(18)15(14)22-16)11(3)19-9-17(21)5-4-6-17/h7-8,10-11,19,21H,4-6,9H2,1-3H3. The predicted octanol–water partition coefficient (Wildman–Crippen LogP) is 3.66. The van der Waals surface area contributed by atoms with Crippen LogP contribution in [-0.4, -0.2) is 22.2 Å². The number of fused-ring (bicyclic) bond motifs is 1. The first-order valence-corrected chi connectivity index (χ1v) is 7.94. The quantitative estimate of drug-likeness (QED) is 0.885. The van der Waals surface area contributed by atoms with Gasteiger partial charge in [-0.05, 0) is 43.9 Å². The van der Waals surface area contributed by atoms with Crippen LogP contribution in [0.15, 0.2) is 16.5 Å². The third-order valence-corrected chi connectivity index (χ3v) is 4.50. The molecule has 22 heavy (non-hydrogen) atoms. The second-order valence-corrected chi connectivity index (χ2v) is 6.74. The molecule has 2 aromatic rings.